The maximum absolute atomic E-state index is 12.0. The largest absolute Gasteiger partial charge is 0.342 e. The van der Waals surface area contributed by atoms with Crippen molar-refractivity contribution in [2.24, 2.45) is 0 Å². The number of piperidine rings is 1. The summed E-state index contributed by atoms with van der Waals surface area (Å²) in [6.07, 6.45) is 2.21. The van der Waals surface area contributed by atoms with Gasteiger partial charge in [0.05, 0.1) is 6.42 Å². The molecule has 0 atom stereocenters. The highest BCUT2D eigenvalue weighted by Gasteiger charge is 2.21. The smallest absolute Gasteiger partial charge is 0.226 e. The molecule has 0 N–H and O–H groups in total. The monoisotopic (exact) mass is 271 g/mol. The van der Waals surface area contributed by atoms with Crippen LogP contribution in [0.3, 0.4) is 0 Å². The molecule has 1 aromatic carbocycles. The van der Waals surface area contributed by atoms with Crippen molar-refractivity contribution >= 4 is 29.1 Å². The quantitative estimate of drug-likeness (QED) is 0.757. The molecule has 0 saturated carbocycles. The molecule has 1 fully saturated rings. The van der Waals surface area contributed by atoms with Gasteiger partial charge in [-0.05, 0) is 30.5 Å². The fourth-order valence-electron chi connectivity index (χ4n) is 2.03. The highest BCUT2D eigenvalue weighted by atomic mass is 35.5. The Labute approximate surface area is 112 Å². The van der Waals surface area contributed by atoms with E-state index in [1.165, 1.54) is 0 Å². The molecule has 17 heavy (non-hydrogen) atoms. The standard InChI is InChI=1S/C13H15Cl2NO/c14-11-4-6-16(7-5-11)13(17)9-10-2-1-3-12(15)8-10/h1-3,8,11H,4-7,9H2. The van der Waals surface area contributed by atoms with Crippen molar-refractivity contribution in [2.75, 3.05) is 13.1 Å². The van der Waals surface area contributed by atoms with Crippen molar-refractivity contribution in [3.63, 3.8) is 0 Å². The SMILES string of the molecule is O=C(Cc1cccc(Cl)c1)N1CCC(Cl)CC1. The van der Waals surface area contributed by atoms with Crippen LogP contribution in [0.2, 0.25) is 5.02 Å². The molecule has 92 valence electrons. The van der Waals surface area contributed by atoms with Crippen LogP contribution in [0.4, 0.5) is 0 Å². The van der Waals surface area contributed by atoms with Crippen LogP contribution in [0.25, 0.3) is 0 Å². The predicted octanol–water partition coefficient (Wildman–Crippen LogP) is 3.11. The molecule has 1 aliphatic rings. The normalized spacial score (nSPS) is 17.2. The van der Waals surface area contributed by atoms with Gasteiger partial charge in [-0.15, -0.1) is 11.6 Å². The lowest BCUT2D eigenvalue weighted by atomic mass is 10.1. The van der Waals surface area contributed by atoms with Crippen LogP contribution in [0.5, 0.6) is 0 Å². The molecule has 0 aliphatic carbocycles. The molecule has 1 amide bonds. The van der Waals surface area contributed by atoms with Crippen molar-refractivity contribution in [3.05, 3.63) is 34.9 Å². The maximum Gasteiger partial charge on any atom is 0.226 e. The minimum absolute atomic E-state index is 0.163. The first-order valence-corrected chi connectivity index (χ1v) is 6.63. The second-order valence-electron chi connectivity index (χ2n) is 4.36. The van der Waals surface area contributed by atoms with E-state index in [1.807, 2.05) is 29.2 Å². The fourth-order valence-corrected chi connectivity index (χ4v) is 2.44. The summed E-state index contributed by atoms with van der Waals surface area (Å²) in [5.74, 6) is 0.163. The van der Waals surface area contributed by atoms with Crippen LogP contribution in [-0.4, -0.2) is 29.3 Å². The van der Waals surface area contributed by atoms with Gasteiger partial charge >= 0.3 is 0 Å². The fraction of sp³-hybridized carbons (Fsp3) is 0.462. The summed E-state index contributed by atoms with van der Waals surface area (Å²) in [4.78, 5) is 13.9. The van der Waals surface area contributed by atoms with E-state index in [2.05, 4.69) is 0 Å². The van der Waals surface area contributed by atoms with Crippen LogP contribution in [0.1, 0.15) is 18.4 Å². The van der Waals surface area contributed by atoms with Gasteiger partial charge in [0.15, 0.2) is 0 Å². The molecule has 1 aliphatic heterocycles. The molecular formula is C13H15Cl2NO. The zero-order valence-electron chi connectivity index (χ0n) is 9.53. The Morgan fingerprint density at radius 2 is 2.06 bits per heavy atom. The average Bonchev–Trinajstić information content (AvgIpc) is 2.29. The van der Waals surface area contributed by atoms with E-state index < -0.39 is 0 Å². The van der Waals surface area contributed by atoms with Gasteiger partial charge in [0.1, 0.15) is 0 Å². The Bertz CT molecular complexity index is 400. The van der Waals surface area contributed by atoms with E-state index >= 15 is 0 Å². The number of hydrogen-bond acceptors (Lipinski definition) is 1. The zero-order valence-corrected chi connectivity index (χ0v) is 11.0. The number of carbonyl (C=O) groups excluding carboxylic acids is 1. The highest BCUT2D eigenvalue weighted by Crippen LogP contribution is 2.17. The summed E-state index contributed by atoms with van der Waals surface area (Å²) in [5, 5.41) is 0.903. The Hall–Kier alpha value is -0.730. The van der Waals surface area contributed by atoms with Gasteiger partial charge in [-0.25, -0.2) is 0 Å². The number of likely N-dealkylation sites (tertiary alicyclic amines) is 1. The molecule has 0 unspecified atom stereocenters. The molecule has 0 aromatic heterocycles. The van der Waals surface area contributed by atoms with Crippen molar-refractivity contribution in [3.8, 4) is 0 Å². The number of benzene rings is 1. The summed E-state index contributed by atoms with van der Waals surface area (Å²) in [6, 6.07) is 7.45. The van der Waals surface area contributed by atoms with E-state index in [0.29, 0.717) is 11.4 Å². The van der Waals surface area contributed by atoms with E-state index in [0.717, 1.165) is 31.5 Å². The van der Waals surface area contributed by atoms with Gasteiger partial charge in [0.25, 0.3) is 0 Å². The van der Waals surface area contributed by atoms with Crippen LogP contribution in [0.15, 0.2) is 24.3 Å². The number of carbonyl (C=O) groups is 1. The van der Waals surface area contributed by atoms with Gasteiger partial charge < -0.3 is 4.90 Å². The lowest BCUT2D eigenvalue weighted by Crippen LogP contribution is -2.39. The van der Waals surface area contributed by atoms with Crippen LogP contribution in [0, 0.1) is 0 Å². The lowest BCUT2D eigenvalue weighted by Gasteiger charge is -2.29. The van der Waals surface area contributed by atoms with Gasteiger partial charge in [0.2, 0.25) is 5.91 Å². The summed E-state index contributed by atoms with van der Waals surface area (Å²) < 4.78 is 0. The van der Waals surface area contributed by atoms with Gasteiger partial charge in [0, 0.05) is 23.5 Å². The Morgan fingerprint density at radius 3 is 2.71 bits per heavy atom. The molecule has 2 nitrogen and oxygen atoms in total. The first-order valence-electron chi connectivity index (χ1n) is 5.81. The molecule has 0 spiro atoms. The van der Waals surface area contributed by atoms with Crippen LogP contribution in [-0.2, 0) is 11.2 Å². The summed E-state index contributed by atoms with van der Waals surface area (Å²) in [7, 11) is 0. The number of halogens is 2. The number of hydrogen-bond donors (Lipinski definition) is 0. The molecule has 2 rings (SSSR count). The first-order chi connectivity index (χ1) is 8.15. The third kappa shape index (κ3) is 3.62. The molecular weight excluding hydrogens is 257 g/mol. The lowest BCUT2D eigenvalue weighted by molar-refractivity contribution is -0.131. The van der Waals surface area contributed by atoms with E-state index in [9.17, 15) is 4.79 Å². The molecule has 4 heteroatoms. The van der Waals surface area contributed by atoms with Gasteiger partial charge in [-0.1, -0.05) is 23.7 Å². The minimum atomic E-state index is 0.163. The molecule has 1 aromatic rings. The minimum Gasteiger partial charge on any atom is -0.342 e. The van der Waals surface area contributed by atoms with E-state index in [4.69, 9.17) is 23.2 Å². The number of rotatable bonds is 2. The Kier molecular flexibility index (Phi) is 4.30. The number of alkyl halides is 1. The third-order valence-electron chi connectivity index (χ3n) is 3.02. The van der Waals surface area contributed by atoms with Crippen molar-refractivity contribution in [2.45, 2.75) is 24.6 Å². The average molecular weight is 272 g/mol. The molecule has 1 heterocycles. The number of amides is 1. The molecule has 0 radical (unpaired) electrons. The van der Waals surface area contributed by atoms with Crippen molar-refractivity contribution < 1.29 is 4.79 Å². The van der Waals surface area contributed by atoms with Gasteiger partial charge in [-0.3, -0.25) is 4.79 Å². The highest BCUT2D eigenvalue weighted by molar-refractivity contribution is 6.30. The summed E-state index contributed by atoms with van der Waals surface area (Å²) in [6.45, 7) is 1.54. The Balaban J connectivity index is 1.93. The second kappa shape index (κ2) is 5.74. The summed E-state index contributed by atoms with van der Waals surface area (Å²) in [5.41, 5.74) is 0.968. The zero-order chi connectivity index (χ0) is 12.3. The molecule has 1 saturated heterocycles. The van der Waals surface area contributed by atoms with Crippen molar-refractivity contribution in [1.29, 1.82) is 0 Å². The first kappa shape index (κ1) is 12.7. The predicted molar refractivity (Wildman–Crippen MR) is 70.6 cm³/mol. The second-order valence-corrected chi connectivity index (χ2v) is 5.42. The maximum atomic E-state index is 12.0. The summed E-state index contributed by atoms with van der Waals surface area (Å²) >= 11 is 11.9. The van der Waals surface area contributed by atoms with Gasteiger partial charge in [-0.2, -0.15) is 0 Å². The number of nitrogens with zero attached hydrogens (tertiary/aromatic N) is 1. The van der Waals surface area contributed by atoms with E-state index in [1.54, 1.807) is 0 Å². The van der Waals surface area contributed by atoms with Crippen LogP contribution >= 0.6 is 23.2 Å². The third-order valence-corrected chi connectivity index (χ3v) is 3.69. The van der Waals surface area contributed by atoms with Crippen molar-refractivity contribution in [1.82, 2.24) is 4.90 Å². The molecule has 0 bridgehead atoms. The Morgan fingerprint density at radius 1 is 1.35 bits per heavy atom. The van der Waals surface area contributed by atoms with Crippen LogP contribution < -0.4 is 0 Å². The van der Waals surface area contributed by atoms with E-state index in [-0.39, 0.29) is 11.3 Å². The topological polar surface area (TPSA) is 20.3 Å².